The van der Waals surface area contributed by atoms with E-state index in [-0.39, 0.29) is 36.4 Å². The van der Waals surface area contributed by atoms with Gasteiger partial charge in [0.2, 0.25) is 5.91 Å². The lowest BCUT2D eigenvalue weighted by Crippen LogP contribution is -2.37. The molecule has 0 atom stereocenters. The first-order chi connectivity index (χ1) is 12.2. The molecule has 1 amide bonds. The highest BCUT2D eigenvalue weighted by Gasteiger charge is 2.33. The number of benzene rings is 1. The van der Waals surface area contributed by atoms with E-state index in [0.29, 0.717) is 12.0 Å². The highest BCUT2D eigenvalue weighted by molar-refractivity contribution is 5.82. The summed E-state index contributed by atoms with van der Waals surface area (Å²) in [5, 5.41) is 8.90. The smallest absolute Gasteiger partial charge is 0.422 e. The summed E-state index contributed by atoms with van der Waals surface area (Å²) in [6, 6.07) is 4.42. The molecule has 0 aromatic heterocycles. The number of carboxylic acids is 1. The van der Waals surface area contributed by atoms with Gasteiger partial charge >= 0.3 is 12.1 Å². The summed E-state index contributed by atoms with van der Waals surface area (Å²) in [4.78, 5) is 24.5. The summed E-state index contributed by atoms with van der Waals surface area (Å²) in [7, 11) is 1.31. The summed E-state index contributed by atoms with van der Waals surface area (Å²) >= 11 is 0. The largest absolute Gasteiger partial charge is 0.493 e. The van der Waals surface area contributed by atoms with Gasteiger partial charge in [-0.25, -0.2) is 0 Å². The van der Waals surface area contributed by atoms with Gasteiger partial charge in [0, 0.05) is 12.5 Å². The van der Waals surface area contributed by atoms with E-state index >= 15 is 0 Å². The molecule has 1 aliphatic carbocycles. The maximum Gasteiger partial charge on any atom is 0.422 e. The van der Waals surface area contributed by atoms with E-state index in [1.54, 1.807) is 6.07 Å². The van der Waals surface area contributed by atoms with Crippen LogP contribution >= 0.6 is 0 Å². The maximum atomic E-state index is 12.3. The Morgan fingerprint density at radius 2 is 1.96 bits per heavy atom. The van der Waals surface area contributed by atoms with Crippen LogP contribution in [0.4, 0.5) is 13.2 Å². The number of aryl methyl sites for hydroxylation is 1. The number of carbonyl (C=O) groups excluding carboxylic acids is 1. The number of aliphatic carboxylic acids is 1. The predicted octanol–water partition coefficient (Wildman–Crippen LogP) is 2.64. The average molecular weight is 375 g/mol. The molecule has 6 nitrogen and oxygen atoms in total. The molecule has 0 radical (unpaired) electrons. The van der Waals surface area contributed by atoms with E-state index in [0.717, 1.165) is 12.8 Å². The Kier molecular flexibility index (Phi) is 6.33. The van der Waals surface area contributed by atoms with Crippen molar-refractivity contribution in [3.63, 3.8) is 0 Å². The number of nitrogens with zero attached hydrogens (tertiary/aromatic N) is 1. The van der Waals surface area contributed by atoms with Crippen LogP contribution in [0.1, 0.15) is 24.8 Å². The zero-order valence-electron chi connectivity index (χ0n) is 14.2. The lowest BCUT2D eigenvalue weighted by Gasteiger charge is -2.20. The first-order valence-electron chi connectivity index (χ1n) is 8.07. The van der Waals surface area contributed by atoms with Crippen molar-refractivity contribution in [2.75, 3.05) is 20.3 Å². The molecule has 26 heavy (non-hydrogen) atoms. The molecule has 1 aromatic carbocycles. The second-order valence-corrected chi connectivity index (χ2v) is 6.04. The Labute approximate surface area is 148 Å². The van der Waals surface area contributed by atoms with Gasteiger partial charge in [-0.1, -0.05) is 6.07 Å². The minimum atomic E-state index is -4.45. The highest BCUT2D eigenvalue weighted by Crippen LogP contribution is 2.31. The summed E-state index contributed by atoms with van der Waals surface area (Å²) in [6.45, 7) is -1.75. The average Bonchev–Trinajstić information content (AvgIpc) is 3.39. The predicted molar refractivity (Wildman–Crippen MR) is 85.2 cm³/mol. The number of hydrogen-bond acceptors (Lipinski definition) is 4. The van der Waals surface area contributed by atoms with Crippen LogP contribution in [-0.4, -0.2) is 54.4 Å². The fraction of sp³-hybridized carbons (Fsp3) is 0.529. The van der Waals surface area contributed by atoms with E-state index in [2.05, 4.69) is 0 Å². The zero-order chi connectivity index (χ0) is 19.3. The number of halogens is 3. The van der Waals surface area contributed by atoms with Gasteiger partial charge in [0.1, 0.15) is 6.54 Å². The van der Waals surface area contributed by atoms with Crippen LogP contribution in [0.5, 0.6) is 11.5 Å². The van der Waals surface area contributed by atoms with Crippen LogP contribution < -0.4 is 9.47 Å². The molecule has 0 aliphatic heterocycles. The van der Waals surface area contributed by atoms with E-state index in [1.807, 2.05) is 0 Å². The molecule has 1 saturated carbocycles. The van der Waals surface area contributed by atoms with E-state index in [1.165, 1.54) is 24.1 Å². The number of carboxylic acid groups (broad SMARTS) is 1. The molecular weight excluding hydrogens is 355 g/mol. The molecule has 9 heteroatoms. The fourth-order valence-corrected chi connectivity index (χ4v) is 2.49. The number of hydrogen-bond donors (Lipinski definition) is 1. The zero-order valence-corrected chi connectivity index (χ0v) is 14.2. The second-order valence-electron chi connectivity index (χ2n) is 6.04. The van der Waals surface area contributed by atoms with Crippen molar-refractivity contribution in [2.45, 2.75) is 37.9 Å². The van der Waals surface area contributed by atoms with Crippen LogP contribution in [-0.2, 0) is 16.0 Å². The number of ether oxygens (including phenoxy) is 2. The van der Waals surface area contributed by atoms with Gasteiger partial charge in [-0.05, 0) is 37.0 Å². The number of methoxy groups -OCH3 is 1. The number of amides is 1. The molecule has 2 rings (SSSR count). The Balaban J connectivity index is 1.96. The molecule has 0 unspecified atom stereocenters. The Morgan fingerprint density at radius 3 is 2.50 bits per heavy atom. The SMILES string of the molecule is COc1cc(CCC(=O)N(CC(=O)O)C2CC2)ccc1OCC(F)(F)F. The van der Waals surface area contributed by atoms with Gasteiger partial charge in [0.25, 0.3) is 0 Å². The molecular formula is C17H20F3NO5. The normalized spacial score (nSPS) is 14.0. The van der Waals surface area contributed by atoms with Crippen molar-refractivity contribution >= 4 is 11.9 Å². The third kappa shape index (κ3) is 6.12. The quantitative estimate of drug-likeness (QED) is 0.718. The minimum absolute atomic E-state index is 0.00807. The third-order valence-corrected chi connectivity index (χ3v) is 3.86. The Hall–Kier alpha value is -2.45. The number of rotatable bonds is 9. The van der Waals surface area contributed by atoms with Gasteiger partial charge < -0.3 is 19.5 Å². The Bertz CT molecular complexity index is 658. The maximum absolute atomic E-state index is 12.3. The summed E-state index contributed by atoms with van der Waals surface area (Å²) < 4.78 is 46.5. The van der Waals surface area contributed by atoms with Gasteiger partial charge in [-0.2, -0.15) is 13.2 Å². The topological polar surface area (TPSA) is 76.1 Å². The first-order valence-corrected chi connectivity index (χ1v) is 8.07. The molecule has 1 aromatic rings. The van der Waals surface area contributed by atoms with Crippen LogP contribution in [0.15, 0.2) is 18.2 Å². The minimum Gasteiger partial charge on any atom is -0.493 e. The number of alkyl halides is 3. The molecule has 1 aliphatic rings. The van der Waals surface area contributed by atoms with E-state index in [4.69, 9.17) is 14.6 Å². The fourth-order valence-electron chi connectivity index (χ4n) is 2.49. The molecule has 0 heterocycles. The Morgan fingerprint density at radius 1 is 1.27 bits per heavy atom. The first kappa shape index (κ1) is 19.9. The summed E-state index contributed by atoms with van der Waals surface area (Å²) in [5.74, 6) is -1.21. The highest BCUT2D eigenvalue weighted by atomic mass is 19.4. The monoisotopic (exact) mass is 375 g/mol. The summed E-state index contributed by atoms with van der Waals surface area (Å²) in [5.41, 5.74) is 0.681. The molecule has 0 saturated heterocycles. The van der Waals surface area contributed by atoms with Crippen molar-refractivity contribution in [1.82, 2.24) is 4.90 Å². The van der Waals surface area contributed by atoms with Crippen LogP contribution in [0.2, 0.25) is 0 Å². The van der Waals surface area contributed by atoms with Crippen molar-refractivity contribution in [3.05, 3.63) is 23.8 Å². The van der Waals surface area contributed by atoms with Crippen molar-refractivity contribution in [3.8, 4) is 11.5 Å². The third-order valence-electron chi connectivity index (χ3n) is 3.86. The van der Waals surface area contributed by atoms with Gasteiger partial charge in [-0.3, -0.25) is 9.59 Å². The van der Waals surface area contributed by atoms with Crippen LogP contribution in [0.3, 0.4) is 0 Å². The molecule has 0 spiro atoms. The van der Waals surface area contributed by atoms with Crippen LogP contribution in [0.25, 0.3) is 0 Å². The van der Waals surface area contributed by atoms with E-state index in [9.17, 15) is 22.8 Å². The van der Waals surface area contributed by atoms with Gasteiger partial charge in [-0.15, -0.1) is 0 Å². The molecule has 0 bridgehead atoms. The van der Waals surface area contributed by atoms with E-state index < -0.39 is 18.8 Å². The molecule has 1 N–H and O–H groups in total. The van der Waals surface area contributed by atoms with Gasteiger partial charge in [0.15, 0.2) is 18.1 Å². The molecule has 1 fully saturated rings. The van der Waals surface area contributed by atoms with Crippen molar-refractivity contribution in [1.29, 1.82) is 0 Å². The van der Waals surface area contributed by atoms with Crippen molar-refractivity contribution < 1.29 is 37.3 Å². The van der Waals surface area contributed by atoms with Crippen LogP contribution in [0, 0.1) is 0 Å². The lowest BCUT2D eigenvalue weighted by atomic mass is 10.1. The second kappa shape index (κ2) is 8.29. The standard InChI is InChI=1S/C17H20F3NO5/c1-25-14-8-11(2-6-13(14)26-10-17(18,19)20)3-7-15(22)21(9-16(23)24)12-4-5-12/h2,6,8,12H,3-5,7,9-10H2,1H3,(H,23,24). The molecule has 144 valence electrons. The van der Waals surface area contributed by atoms with Crippen molar-refractivity contribution in [2.24, 2.45) is 0 Å². The number of carbonyl (C=O) groups is 2. The van der Waals surface area contributed by atoms with Gasteiger partial charge in [0.05, 0.1) is 7.11 Å². The summed E-state index contributed by atoms with van der Waals surface area (Å²) in [6.07, 6.45) is -2.42. The lowest BCUT2D eigenvalue weighted by molar-refractivity contribution is -0.153.